The third-order valence-corrected chi connectivity index (χ3v) is 4.64. The Morgan fingerprint density at radius 1 is 0.967 bits per heavy atom. The van der Waals surface area contributed by atoms with E-state index in [-0.39, 0.29) is 11.8 Å². The number of fused-ring (bicyclic) bond motifs is 1. The molecule has 2 aromatic carbocycles. The maximum Gasteiger partial charge on any atom is 0.253 e. The first-order valence-corrected chi connectivity index (χ1v) is 9.64. The molecule has 152 valence electrons. The molecule has 0 fully saturated rings. The standard InChI is InChI=1S/C23H21N3O4/c27-22(17-7-4-10-24-15-17)26-19(13-16-5-2-1-3-6-16)23(28)25-18-8-9-20-21(14-18)30-12-11-29-20/h1-10,14-15,19H,11-13H2,(H,25,28)(H,26,27)/t19-/m1/s1. The highest BCUT2D eigenvalue weighted by molar-refractivity contribution is 6.01. The van der Waals surface area contributed by atoms with E-state index in [1.807, 2.05) is 30.3 Å². The van der Waals surface area contributed by atoms with Crippen molar-refractivity contribution in [2.24, 2.45) is 0 Å². The number of rotatable bonds is 6. The van der Waals surface area contributed by atoms with E-state index in [1.165, 1.54) is 6.20 Å². The maximum absolute atomic E-state index is 13.0. The molecule has 30 heavy (non-hydrogen) atoms. The number of pyridine rings is 1. The van der Waals surface area contributed by atoms with E-state index in [0.717, 1.165) is 5.56 Å². The highest BCUT2D eigenvalue weighted by Gasteiger charge is 2.23. The Morgan fingerprint density at radius 3 is 2.53 bits per heavy atom. The van der Waals surface area contributed by atoms with E-state index >= 15 is 0 Å². The van der Waals surface area contributed by atoms with Crippen LogP contribution in [0.4, 0.5) is 5.69 Å². The van der Waals surface area contributed by atoms with E-state index in [2.05, 4.69) is 15.6 Å². The van der Waals surface area contributed by atoms with Gasteiger partial charge in [0.2, 0.25) is 5.91 Å². The summed E-state index contributed by atoms with van der Waals surface area (Å²) >= 11 is 0. The Kier molecular flexibility index (Phi) is 5.89. The fourth-order valence-electron chi connectivity index (χ4n) is 3.15. The Morgan fingerprint density at radius 2 is 1.77 bits per heavy atom. The molecule has 4 rings (SSSR count). The number of hydrogen-bond donors (Lipinski definition) is 2. The van der Waals surface area contributed by atoms with Crippen LogP contribution in [0.25, 0.3) is 0 Å². The summed E-state index contributed by atoms with van der Waals surface area (Å²) in [6, 6.07) is 17.3. The largest absolute Gasteiger partial charge is 0.486 e. The molecule has 0 unspecified atom stereocenters. The zero-order chi connectivity index (χ0) is 20.8. The number of hydrogen-bond acceptors (Lipinski definition) is 5. The highest BCUT2D eigenvalue weighted by atomic mass is 16.6. The Hall–Kier alpha value is -3.87. The second-order valence-corrected chi connectivity index (χ2v) is 6.81. The molecular weight excluding hydrogens is 382 g/mol. The molecule has 1 aliphatic rings. The first-order valence-electron chi connectivity index (χ1n) is 9.64. The zero-order valence-corrected chi connectivity index (χ0v) is 16.2. The summed E-state index contributed by atoms with van der Waals surface area (Å²) in [5.74, 6) is 0.539. The second-order valence-electron chi connectivity index (χ2n) is 6.81. The van der Waals surface area contributed by atoms with Gasteiger partial charge in [-0.25, -0.2) is 0 Å². The van der Waals surface area contributed by atoms with Crippen molar-refractivity contribution in [2.45, 2.75) is 12.5 Å². The lowest BCUT2D eigenvalue weighted by molar-refractivity contribution is -0.118. The molecule has 0 saturated heterocycles. The minimum absolute atomic E-state index is 0.326. The molecule has 0 spiro atoms. The Bertz CT molecular complexity index is 1030. The lowest BCUT2D eigenvalue weighted by atomic mass is 10.0. The lowest BCUT2D eigenvalue weighted by Crippen LogP contribution is -2.45. The van der Waals surface area contributed by atoms with Crippen LogP contribution in [0.15, 0.2) is 73.1 Å². The van der Waals surface area contributed by atoms with Gasteiger partial charge in [0.1, 0.15) is 19.3 Å². The summed E-state index contributed by atoms with van der Waals surface area (Å²) in [6.45, 7) is 0.959. The van der Waals surface area contributed by atoms with Crippen molar-refractivity contribution in [1.82, 2.24) is 10.3 Å². The van der Waals surface area contributed by atoms with E-state index in [0.29, 0.717) is 42.4 Å². The van der Waals surface area contributed by atoms with E-state index in [9.17, 15) is 9.59 Å². The summed E-state index contributed by atoms with van der Waals surface area (Å²) in [5, 5.41) is 5.68. The molecule has 0 bridgehead atoms. The SMILES string of the molecule is O=C(N[C@H](Cc1ccccc1)C(=O)Nc1ccc2c(c1)OCCO2)c1cccnc1. The molecule has 3 aromatic rings. The minimum Gasteiger partial charge on any atom is -0.486 e. The number of nitrogens with one attached hydrogen (secondary N) is 2. The van der Waals surface area contributed by atoms with Gasteiger partial charge in [-0.2, -0.15) is 0 Å². The van der Waals surface area contributed by atoms with Gasteiger partial charge < -0.3 is 20.1 Å². The summed E-state index contributed by atoms with van der Waals surface area (Å²) in [4.78, 5) is 29.6. The maximum atomic E-state index is 13.0. The third-order valence-electron chi connectivity index (χ3n) is 4.64. The van der Waals surface area contributed by atoms with Gasteiger partial charge in [-0.3, -0.25) is 14.6 Å². The molecule has 7 nitrogen and oxygen atoms in total. The van der Waals surface area contributed by atoms with Crippen LogP contribution in [-0.2, 0) is 11.2 Å². The summed E-state index contributed by atoms with van der Waals surface area (Å²) in [6.07, 6.45) is 3.41. The van der Waals surface area contributed by atoms with Crippen LogP contribution >= 0.6 is 0 Å². The van der Waals surface area contributed by atoms with Gasteiger partial charge in [-0.05, 0) is 29.8 Å². The summed E-state index contributed by atoms with van der Waals surface area (Å²) in [5.41, 5.74) is 1.90. The van der Waals surface area contributed by atoms with Crippen LogP contribution in [-0.4, -0.2) is 36.1 Å². The molecule has 2 amide bonds. The van der Waals surface area contributed by atoms with Crippen molar-refractivity contribution in [2.75, 3.05) is 18.5 Å². The molecule has 0 saturated carbocycles. The van der Waals surface area contributed by atoms with Gasteiger partial charge in [0.05, 0.1) is 5.56 Å². The van der Waals surface area contributed by atoms with Gasteiger partial charge in [0.25, 0.3) is 5.91 Å². The fraction of sp³-hybridized carbons (Fsp3) is 0.174. The second kappa shape index (κ2) is 9.09. The molecule has 1 aliphatic heterocycles. The number of anilines is 1. The topological polar surface area (TPSA) is 89.6 Å². The Balaban J connectivity index is 1.52. The molecular formula is C23H21N3O4. The highest BCUT2D eigenvalue weighted by Crippen LogP contribution is 2.32. The van der Waals surface area contributed by atoms with Gasteiger partial charge >= 0.3 is 0 Å². The van der Waals surface area contributed by atoms with E-state index in [1.54, 1.807) is 36.5 Å². The average Bonchev–Trinajstić information content (AvgIpc) is 2.80. The van der Waals surface area contributed by atoms with Gasteiger partial charge in [-0.1, -0.05) is 30.3 Å². The molecule has 2 N–H and O–H groups in total. The number of carbonyl (C=O) groups excluding carboxylic acids is 2. The average molecular weight is 403 g/mol. The van der Waals surface area contributed by atoms with Crippen molar-refractivity contribution < 1.29 is 19.1 Å². The summed E-state index contributed by atoms with van der Waals surface area (Å²) in [7, 11) is 0. The Labute approximate surface area is 174 Å². The van der Waals surface area contributed by atoms with Crippen molar-refractivity contribution in [3.05, 3.63) is 84.2 Å². The van der Waals surface area contributed by atoms with Crippen molar-refractivity contribution in [1.29, 1.82) is 0 Å². The first-order chi connectivity index (χ1) is 14.7. The number of benzene rings is 2. The van der Waals surface area contributed by atoms with Crippen LogP contribution < -0.4 is 20.1 Å². The monoisotopic (exact) mass is 403 g/mol. The minimum atomic E-state index is -0.770. The van der Waals surface area contributed by atoms with E-state index < -0.39 is 6.04 Å². The smallest absolute Gasteiger partial charge is 0.253 e. The van der Waals surface area contributed by atoms with Crippen molar-refractivity contribution in [3.8, 4) is 11.5 Å². The number of aromatic nitrogens is 1. The van der Waals surface area contributed by atoms with Gasteiger partial charge in [0, 0.05) is 30.6 Å². The molecule has 0 aliphatic carbocycles. The predicted octanol–water partition coefficient (Wildman–Crippen LogP) is 2.83. The normalized spacial score (nSPS) is 13.2. The number of amides is 2. The molecule has 1 aromatic heterocycles. The van der Waals surface area contributed by atoms with Crippen molar-refractivity contribution >= 4 is 17.5 Å². The molecule has 2 heterocycles. The quantitative estimate of drug-likeness (QED) is 0.661. The van der Waals surface area contributed by atoms with Gasteiger partial charge in [0.15, 0.2) is 11.5 Å². The summed E-state index contributed by atoms with van der Waals surface area (Å²) < 4.78 is 11.1. The number of carbonyl (C=O) groups is 2. The molecule has 7 heteroatoms. The zero-order valence-electron chi connectivity index (χ0n) is 16.2. The fourth-order valence-corrected chi connectivity index (χ4v) is 3.15. The van der Waals surface area contributed by atoms with Gasteiger partial charge in [-0.15, -0.1) is 0 Å². The number of nitrogens with zero attached hydrogens (tertiary/aromatic N) is 1. The van der Waals surface area contributed by atoms with E-state index in [4.69, 9.17) is 9.47 Å². The van der Waals surface area contributed by atoms with Crippen LogP contribution in [0, 0.1) is 0 Å². The molecule has 1 atom stereocenters. The van der Waals surface area contributed by atoms with Crippen LogP contribution in [0.2, 0.25) is 0 Å². The molecule has 0 radical (unpaired) electrons. The first kappa shape index (κ1) is 19.4. The number of ether oxygens (including phenoxy) is 2. The predicted molar refractivity (Wildman–Crippen MR) is 112 cm³/mol. The lowest BCUT2D eigenvalue weighted by Gasteiger charge is -2.21. The van der Waals surface area contributed by atoms with Crippen LogP contribution in [0.1, 0.15) is 15.9 Å². The van der Waals surface area contributed by atoms with Crippen LogP contribution in [0.5, 0.6) is 11.5 Å². The van der Waals surface area contributed by atoms with Crippen molar-refractivity contribution in [3.63, 3.8) is 0 Å². The van der Waals surface area contributed by atoms with Crippen LogP contribution in [0.3, 0.4) is 0 Å². The third kappa shape index (κ3) is 4.75.